The van der Waals surface area contributed by atoms with Crippen LogP contribution in [0.25, 0.3) is 0 Å². The highest BCUT2D eigenvalue weighted by molar-refractivity contribution is 7.83. The van der Waals surface area contributed by atoms with E-state index in [4.69, 9.17) is 0 Å². The number of amides is 1. The van der Waals surface area contributed by atoms with Gasteiger partial charge in [0.05, 0.1) is 6.10 Å². The first kappa shape index (κ1) is 17.9. The van der Waals surface area contributed by atoms with Gasteiger partial charge in [-0.25, -0.2) is 0 Å². The molecule has 2 N–H and O–H groups in total. The van der Waals surface area contributed by atoms with Crippen molar-refractivity contribution in [3.63, 3.8) is 0 Å². The Hall–Kier alpha value is -1.20. The number of carbonyl (C=O) groups excluding carboxylic acids is 1. The summed E-state index contributed by atoms with van der Waals surface area (Å²) >= 11 is 0. The Morgan fingerprint density at radius 2 is 2.10 bits per heavy atom. The molecule has 118 valence electrons. The molecule has 0 aliphatic carbocycles. The predicted octanol–water partition coefficient (Wildman–Crippen LogP) is 2.09. The number of nitrogens with one attached hydrogen (secondary N) is 1. The first-order valence-electron chi connectivity index (χ1n) is 7.05. The molecule has 4 nitrogen and oxygen atoms in total. The number of aliphatic hydroxyl groups is 1. The zero-order valence-corrected chi connectivity index (χ0v) is 14.0. The molecule has 1 rings (SSSR count). The van der Waals surface area contributed by atoms with E-state index in [1.54, 1.807) is 31.4 Å². The largest absolute Gasteiger partial charge is 0.393 e. The van der Waals surface area contributed by atoms with Crippen LogP contribution < -0.4 is 5.32 Å². The smallest absolute Gasteiger partial charge is 0.251 e. The third kappa shape index (κ3) is 6.87. The molecule has 0 aliphatic heterocycles. The van der Waals surface area contributed by atoms with Gasteiger partial charge in [-0.15, -0.1) is 0 Å². The van der Waals surface area contributed by atoms with Gasteiger partial charge in [0.2, 0.25) is 0 Å². The van der Waals surface area contributed by atoms with Crippen LogP contribution in [0.1, 0.15) is 43.1 Å². The Kier molecular flexibility index (Phi) is 6.55. The van der Waals surface area contributed by atoms with Crippen LogP contribution in [-0.4, -0.2) is 34.1 Å². The fourth-order valence-corrected chi connectivity index (χ4v) is 2.98. The minimum atomic E-state index is -0.922. The minimum absolute atomic E-state index is 0.141. The summed E-state index contributed by atoms with van der Waals surface area (Å²) in [5.74, 6) is 0.312. The van der Waals surface area contributed by atoms with Crippen molar-refractivity contribution in [2.24, 2.45) is 5.41 Å². The van der Waals surface area contributed by atoms with Crippen molar-refractivity contribution >= 4 is 16.7 Å². The maximum Gasteiger partial charge on any atom is 0.251 e. The molecule has 2 unspecified atom stereocenters. The minimum Gasteiger partial charge on any atom is -0.393 e. The van der Waals surface area contributed by atoms with Gasteiger partial charge in [-0.05, 0) is 36.5 Å². The third-order valence-electron chi connectivity index (χ3n) is 3.13. The van der Waals surface area contributed by atoms with Gasteiger partial charge in [-0.3, -0.25) is 9.00 Å². The molecule has 0 spiro atoms. The topological polar surface area (TPSA) is 66.4 Å². The van der Waals surface area contributed by atoms with Crippen LogP contribution in [0.2, 0.25) is 0 Å². The fourth-order valence-electron chi connectivity index (χ4n) is 2.33. The number of benzene rings is 1. The normalized spacial score (nSPS) is 14.5. The Balaban J connectivity index is 2.65. The maximum absolute atomic E-state index is 12.2. The van der Waals surface area contributed by atoms with E-state index in [-0.39, 0.29) is 17.4 Å². The second kappa shape index (κ2) is 7.71. The van der Waals surface area contributed by atoms with Crippen molar-refractivity contribution in [2.75, 3.05) is 12.8 Å². The monoisotopic (exact) mass is 311 g/mol. The summed E-state index contributed by atoms with van der Waals surface area (Å²) < 4.78 is 11.2. The van der Waals surface area contributed by atoms with Crippen LogP contribution in [0, 0.1) is 5.41 Å². The van der Waals surface area contributed by atoms with Crippen molar-refractivity contribution in [3.05, 3.63) is 35.4 Å². The second-order valence-electron chi connectivity index (χ2n) is 6.32. The molecule has 0 bridgehead atoms. The lowest BCUT2D eigenvalue weighted by atomic mass is 9.87. The molecule has 1 aromatic carbocycles. The fraction of sp³-hybridized carbons (Fsp3) is 0.562. The zero-order chi connectivity index (χ0) is 16.0. The summed E-state index contributed by atoms with van der Waals surface area (Å²) in [4.78, 5) is 12.2. The first-order valence-corrected chi connectivity index (χ1v) is 8.77. The highest BCUT2D eigenvalue weighted by Crippen LogP contribution is 2.21. The van der Waals surface area contributed by atoms with Crippen molar-refractivity contribution < 1.29 is 14.1 Å². The summed E-state index contributed by atoms with van der Waals surface area (Å²) in [7, 11) is -0.922. The molecular formula is C16H25NO3S. The molecule has 1 amide bonds. The molecule has 0 aromatic heterocycles. The van der Waals surface area contributed by atoms with Crippen LogP contribution in [-0.2, 0) is 16.6 Å². The lowest BCUT2D eigenvalue weighted by Crippen LogP contribution is -2.35. The maximum atomic E-state index is 12.2. The molecule has 5 heteroatoms. The van der Waals surface area contributed by atoms with Crippen molar-refractivity contribution in [1.29, 1.82) is 0 Å². The van der Waals surface area contributed by atoms with E-state index in [1.165, 1.54) is 0 Å². The van der Waals surface area contributed by atoms with E-state index in [2.05, 4.69) is 5.32 Å². The van der Waals surface area contributed by atoms with Crippen LogP contribution in [0.5, 0.6) is 0 Å². The summed E-state index contributed by atoms with van der Waals surface area (Å²) in [6.45, 7) is 6.27. The van der Waals surface area contributed by atoms with E-state index in [1.807, 2.05) is 19.9 Å². The Labute approximate surface area is 129 Å². The predicted molar refractivity (Wildman–Crippen MR) is 86.6 cm³/mol. The second-order valence-corrected chi connectivity index (χ2v) is 7.75. The highest BCUT2D eigenvalue weighted by Gasteiger charge is 2.21. The van der Waals surface area contributed by atoms with Gasteiger partial charge in [0.15, 0.2) is 0 Å². The summed E-state index contributed by atoms with van der Waals surface area (Å²) in [6.07, 6.45) is 1.88. The average Bonchev–Trinajstić information content (AvgIpc) is 2.34. The third-order valence-corrected chi connectivity index (χ3v) is 3.87. The van der Waals surface area contributed by atoms with Gasteiger partial charge in [-0.1, -0.05) is 26.0 Å². The van der Waals surface area contributed by atoms with Crippen LogP contribution in [0.4, 0.5) is 0 Å². The summed E-state index contributed by atoms with van der Waals surface area (Å²) in [5.41, 5.74) is 1.31. The van der Waals surface area contributed by atoms with Crippen molar-refractivity contribution in [3.8, 4) is 0 Å². The SMILES string of the molecule is CC(O)CC(C)(C)CNC(=O)c1cccc(CS(C)=O)c1. The van der Waals surface area contributed by atoms with Gasteiger partial charge in [0.25, 0.3) is 5.91 Å². The van der Waals surface area contributed by atoms with Crippen molar-refractivity contribution in [1.82, 2.24) is 5.32 Å². The molecular weight excluding hydrogens is 286 g/mol. The van der Waals surface area contributed by atoms with Crippen LogP contribution >= 0.6 is 0 Å². The Morgan fingerprint density at radius 1 is 1.43 bits per heavy atom. The molecule has 0 saturated heterocycles. The lowest BCUT2D eigenvalue weighted by molar-refractivity contribution is 0.0902. The highest BCUT2D eigenvalue weighted by atomic mass is 32.2. The number of rotatable bonds is 7. The standard InChI is InChI=1S/C16H25NO3S/c1-12(18)9-16(2,3)11-17-15(19)14-7-5-6-13(8-14)10-21(4)20/h5-8,12,18H,9-11H2,1-4H3,(H,17,19). The zero-order valence-electron chi connectivity index (χ0n) is 13.2. The number of hydrogen-bond donors (Lipinski definition) is 2. The molecule has 0 saturated carbocycles. The van der Waals surface area contributed by atoms with Gasteiger partial charge < -0.3 is 10.4 Å². The molecule has 1 aromatic rings. The van der Waals surface area contributed by atoms with Gasteiger partial charge in [-0.2, -0.15) is 0 Å². The van der Waals surface area contributed by atoms with E-state index in [0.717, 1.165) is 5.56 Å². The molecule has 0 fully saturated rings. The van der Waals surface area contributed by atoms with Crippen LogP contribution in [0.15, 0.2) is 24.3 Å². The van der Waals surface area contributed by atoms with E-state index >= 15 is 0 Å². The van der Waals surface area contributed by atoms with E-state index in [9.17, 15) is 14.1 Å². The molecule has 21 heavy (non-hydrogen) atoms. The van der Waals surface area contributed by atoms with Crippen LogP contribution in [0.3, 0.4) is 0 Å². The summed E-state index contributed by atoms with van der Waals surface area (Å²) in [5, 5.41) is 12.3. The molecule has 0 aliphatic rings. The van der Waals surface area contributed by atoms with E-state index < -0.39 is 10.8 Å². The van der Waals surface area contributed by atoms with Gasteiger partial charge >= 0.3 is 0 Å². The Morgan fingerprint density at radius 3 is 2.67 bits per heavy atom. The Bertz CT molecular complexity index is 512. The lowest BCUT2D eigenvalue weighted by Gasteiger charge is -2.26. The first-order chi connectivity index (χ1) is 9.69. The number of aliphatic hydroxyl groups excluding tert-OH is 1. The summed E-state index contributed by atoms with van der Waals surface area (Å²) in [6, 6.07) is 7.20. The molecule has 0 heterocycles. The van der Waals surface area contributed by atoms with Crippen molar-refractivity contribution in [2.45, 2.75) is 39.0 Å². The van der Waals surface area contributed by atoms with Gasteiger partial charge in [0.1, 0.15) is 0 Å². The molecule has 0 radical (unpaired) electrons. The molecule has 2 atom stereocenters. The number of carbonyl (C=O) groups is 1. The average molecular weight is 311 g/mol. The van der Waals surface area contributed by atoms with E-state index in [0.29, 0.717) is 24.3 Å². The quantitative estimate of drug-likeness (QED) is 0.810. The number of hydrogen-bond acceptors (Lipinski definition) is 3. The van der Waals surface area contributed by atoms with Gasteiger partial charge in [0, 0.05) is 34.9 Å².